The predicted molar refractivity (Wildman–Crippen MR) is 207 cm³/mol. The zero-order chi connectivity index (χ0) is 36.3. The Kier molecular flexibility index (Phi) is 11.7. The number of para-hydroxylation sites is 2. The number of anilines is 2. The first-order valence-electron chi connectivity index (χ1n) is 16.8. The summed E-state index contributed by atoms with van der Waals surface area (Å²) in [5.41, 5.74) is 3.03. The zero-order valence-corrected chi connectivity index (χ0v) is 29.2. The van der Waals surface area contributed by atoms with Crippen LogP contribution in [0, 0.1) is 0 Å². The summed E-state index contributed by atoms with van der Waals surface area (Å²) in [6.07, 6.45) is 2.17. The van der Waals surface area contributed by atoms with Crippen molar-refractivity contribution in [3.8, 4) is 27.7 Å². The molecule has 0 unspecified atom stereocenters. The van der Waals surface area contributed by atoms with Crippen LogP contribution in [0.5, 0.6) is 17.2 Å². The minimum atomic E-state index is -0.623. The van der Waals surface area contributed by atoms with Crippen molar-refractivity contribution in [1.82, 2.24) is 5.06 Å². The lowest BCUT2D eigenvalue weighted by Crippen LogP contribution is -2.32. The molecule has 0 aliphatic carbocycles. The Labute approximate surface area is 306 Å². The smallest absolute Gasteiger partial charge is 0.410 e. The van der Waals surface area contributed by atoms with Gasteiger partial charge in [-0.15, -0.1) is 29.6 Å². The molecule has 0 spiro atoms. The number of nitrogens with zero attached hydrogens (tertiary/aromatic N) is 1. The second-order valence-corrected chi connectivity index (χ2v) is 12.7. The Morgan fingerprint density at radius 2 is 1.15 bits per heavy atom. The monoisotopic (exact) mass is 711 g/mol. The number of fused-ring (bicyclic) bond motifs is 1. The van der Waals surface area contributed by atoms with E-state index in [0.29, 0.717) is 39.8 Å². The molecule has 0 bridgehead atoms. The number of hydrogen-bond donors (Lipinski definition) is 2. The summed E-state index contributed by atoms with van der Waals surface area (Å²) < 4.78 is 11.9. The molecule has 7 rings (SSSR count). The molecule has 2 N–H and O–H groups in total. The van der Waals surface area contributed by atoms with Gasteiger partial charge >= 0.3 is 12.2 Å². The lowest BCUT2D eigenvalue weighted by Gasteiger charge is -2.26. The van der Waals surface area contributed by atoms with Crippen LogP contribution in [0.2, 0.25) is 0 Å². The number of ether oxygens (including phenoxy) is 2. The maximum atomic E-state index is 14.3. The maximum absolute atomic E-state index is 14.3. The van der Waals surface area contributed by atoms with Gasteiger partial charge in [-0.1, -0.05) is 42.8 Å². The van der Waals surface area contributed by atoms with E-state index in [9.17, 15) is 14.4 Å². The minimum Gasteiger partial charge on any atom is -0.410 e. The number of rotatable bonds is 9. The number of piperidine rings is 1. The summed E-state index contributed by atoms with van der Waals surface area (Å²) in [4.78, 5) is 46.1. The number of nitrogens with one attached hydrogen (secondary N) is 2. The Bertz CT molecular complexity index is 2130. The molecule has 0 atom stereocenters. The highest BCUT2D eigenvalue weighted by atomic mass is 32.1. The van der Waals surface area contributed by atoms with Crippen molar-refractivity contribution in [2.24, 2.45) is 0 Å². The van der Waals surface area contributed by atoms with Gasteiger partial charge in [-0.3, -0.25) is 15.4 Å². The molecule has 1 aliphatic heterocycles. The standard InChI is InChI=1S/C40H33N3O6S.C2H4/c44-37(27-14-20-32(21-15-27)49-43-24-8-3-9-25-43)36-34-23-22-33(48-40(46)42-30-12-6-2-7-13-30)26-35(34)50-38(36)28-16-18-31(19-17-28)47-39(45)41-29-10-4-1-5-11-29;1-2/h1-2,4-7,10-23,26H,3,8-9,24-25H2,(H,41,45)(H,42,46);1-2H2. The topological polar surface area (TPSA) is 106 Å². The SMILES string of the molecule is C=C.O=C(Nc1ccccc1)Oc1ccc(-c2sc3cc(OC(=O)Nc4ccccc4)ccc3c2C(=O)c2ccc(ON3CCCCC3)cc2)cc1. The van der Waals surface area contributed by atoms with Crippen molar-refractivity contribution in [2.75, 3.05) is 23.7 Å². The molecule has 5 aromatic carbocycles. The number of benzene rings is 5. The van der Waals surface area contributed by atoms with E-state index in [-0.39, 0.29) is 5.78 Å². The highest BCUT2D eigenvalue weighted by Crippen LogP contribution is 2.42. The normalized spacial score (nSPS) is 12.5. The third-order valence-electron chi connectivity index (χ3n) is 8.13. The summed E-state index contributed by atoms with van der Waals surface area (Å²) in [6.45, 7) is 7.76. The van der Waals surface area contributed by atoms with Gasteiger partial charge in [-0.25, -0.2) is 9.59 Å². The quantitative estimate of drug-likeness (QED) is 0.114. The molecule has 9 nitrogen and oxygen atoms in total. The number of hydrogen-bond acceptors (Lipinski definition) is 8. The molecule has 2 amide bonds. The van der Waals surface area contributed by atoms with Gasteiger partial charge in [0.1, 0.15) is 17.2 Å². The van der Waals surface area contributed by atoms with E-state index in [1.165, 1.54) is 17.8 Å². The van der Waals surface area contributed by atoms with Crippen molar-refractivity contribution in [3.63, 3.8) is 0 Å². The van der Waals surface area contributed by atoms with E-state index < -0.39 is 12.2 Å². The van der Waals surface area contributed by atoms with Crippen LogP contribution in [-0.2, 0) is 0 Å². The fourth-order valence-corrected chi connectivity index (χ4v) is 6.94. The molecule has 262 valence electrons. The fourth-order valence-electron chi connectivity index (χ4n) is 5.70. The van der Waals surface area contributed by atoms with Gasteiger partial charge in [-0.2, -0.15) is 0 Å². The van der Waals surface area contributed by atoms with Crippen molar-refractivity contribution in [3.05, 3.63) is 152 Å². The summed E-state index contributed by atoms with van der Waals surface area (Å²) >= 11 is 1.41. The number of amides is 2. The van der Waals surface area contributed by atoms with Crippen LogP contribution in [0.3, 0.4) is 0 Å². The van der Waals surface area contributed by atoms with Crippen molar-refractivity contribution in [2.45, 2.75) is 19.3 Å². The van der Waals surface area contributed by atoms with Crippen molar-refractivity contribution >= 4 is 50.8 Å². The number of hydroxylamine groups is 2. The zero-order valence-electron chi connectivity index (χ0n) is 28.4. The number of carbonyl (C=O) groups excluding carboxylic acids is 3. The largest absolute Gasteiger partial charge is 0.417 e. The summed E-state index contributed by atoms with van der Waals surface area (Å²) in [6, 6.07) is 37.5. The molecular formula is C42H37N3O6S. The second kappa shape index (κ2) is 17.1. The van der Waals surface area contributed by atoms with Gasteiger partial charge in [0.25, 0.3) is 0 Å². The van der Waals surface area contributed by atoms with Crippen LogP contribution >= 0.6 is 11.3 Å². The Morgan fingerprint density at radius 3 is 1.75 bits per heavy atom. The van der Waals surface area contributed by atoms with Gasteiger partial charge in [0.2, 0.25) is 0 Å². The van der Waals surface area contributed by atoms with Crippen LogP contribution in [-0.4, -0.2) is 36.1 Å². The Balaban J connectivity index is 0.00000228. The molecule has 2 heterocycles. The molecule has 1 aliphatic rings. The Morgan fingerprint density at radius 1 is 0.615 bits per heavy atom. The van der Waals surface area contributed by atoms with E-state index in [1.54, 1.807) is 66.7 Å². The molecule has 0 radical (unpaired) electrons. The van der Waals surface area contributed by atoms with Crippen LogP contribution in [0.4, 0.5) is 21.0 Å². The summed E-state index contributed by atoms with van der Waals surface area (Å²) in [7, 11) is 0. The second-order valence-electron chi connectivity index (χ2n) is 11.7. The molecule has 10 heteroatoms. The average molecular weight is 712 g/mol. The highest BCUT2D eigenvalue weighted by Gasteiger charge is 2.23. The molecule has 0 saturated carbocycles. The van der Waals surface area contributed by atoms with Crippen LogP contribution in [0.1, 0.15) is 35.2 Å². The molecule has 6 aromatic rings. The highest BCUT2D eigenvalue weighted by molar-refractivity contribution is 7.22. The van der Waals surface area contributed by atoms with Gasteiger partial charge in [0.05, 0.1) is 0 Å². The molecule has 1 aromatic heterocycles. The van der Waals surface area contributed by atoms with Crippen LogP contribution < -0.4 is 24.9 Å². The van der Waals surface area contributed by atoms with Crippen LogP contribution in [0.25, 0.3) is 20.5 Å². The number of ketones is 1. The molecule has 52 heavy (non-hydrogen) atoms. The minimum absolute atomic E-state index is 0.158. The van der Waals surface area contributed by atoms with Crippen molar-refractivity contribution in [1.29, 1.82) is 0 Å². The lowest BCUT2D eigenvalue weighted by atomic mass is 9.97. The van der Waals surface area contributed by atoms with Gasteiger partial charge in [-0.05, 0) is 109 Å². The van der Waals surface area contributed by atoms with E-state index in [0.717, 1.165) is 46.5 Å². The molecular weight excluding hydrogens is 675 g/mol. The predicted octanol–water partition coefficient (Wildman–Crippen LogP) is 10.6. The summed E-state index contributed by atoms with van der Waals surface area (Å²) in [5.74, 6) is 1.21. The lowest BCUT2D eigenvalue weighted by molar-refractivity contribution is -0.0720. The van der Waals surface area contributed by atoms with E-state index >= 15 is 0 Å². The van der Waals surface area contributed by atoms with Gasteiger partial charge in [0.15, 0.2) is 5.78 Å². The summed E-state index contributed by atoms with van der Waals surface area (Å²) in [5, 5.41) is 8.10. The average Bonchev–Trinajstić information content (AvgIpc) is 3.56. The van der Waals surface area contributed by atoms with Gasteiger partial charge < -0.3 is 14.3 Å². The maximum Gasteiger partial charge on any atom is 0.417 e. The third-order valence-corrected chi connectivity index (χ3v) is 9.33. The molecule has 1 saturated heterocycles. The van der Waals surface area contributed by atoms with E-state index in [2.05, 4.69) is 23.8 Å². The number of thiophene rings is 1. The number of carbonyl (C=O) groups is 3. The van der Waals surface area contributed by atoms with Crippen molar-refractivity contribution < 1.29 is 28.7 Å². The van der Waals surface area contributed by atoms with E-state index in [4.69, 9.17) is 14.3 Å². The van der Waals surface area contributed by atoms with Crippen LogP contribution in [0.15, 0.2) is 141 Å². The van der Waals surface area contributed by atoms with E-state index in [1.807, 2.05) is 65.7 Å². The fraction of sp³-hybridized carbons (Fsp3) is 0.119. The first kappa shape index (κ1) is 35.6. The third kappa shape index (κ3) is 8.91. The Hall–Kier alpha value is -6.23. The van der Waals surface area contributed by atoms with Gasteiger partial charge in [0, 0.05) is 50.6 Å². The first-order valence-corrected chi connectivity index (χ1v) is 17.6. The first-order chi connectivity index (χ1) is 25.5. The molecule has 1 fully saturated rings.